The van der Waals surface area contributed by atoms with E-state index in [0.29, 0.717) is 11.3 Å². The van der Waals surface area contributed by atoms with Gasteiger partial charge in [0.15, 0.2) is 5.78 Å². The van der Waals surface area contributed by atoms with Crippen LogP contribution in [-0.4, -0.2) is 34.9 Å². The Morgan fingerprint density at radius 3 is 2.12 bits per heavy atom. The van der Waals surface area contributed by atoms with E-state index in [9.17, 15) is 14.4 Å². The Balaban J connectivity index is 1.51. The third-order valence-corrected chi connectivity index (χ3v) is 6.63. The number of carbonyl (C=O) groups excluding carboxylic acids is 3. The lowest BCUT2D eigenvalue weighted by atomic mass is 9.83. The fourth-order valence-electron chi connectivity index (χ4n) is 5.27. The van der Waals surface area contributed by atoms with Gasteiger partial charge in [-0.2, -0.15) is 5.10 Å². The number of hydrogen-bond acceptors (Lipinski definition) is 5. The minimum atomic E-state index is -0.845. The molecular weight excluding hydrogens is 402 g/mol. The van der Waals surface area contributed by atoms with Crippen LogP contribution < -0.4 is 4.90 Å². The zero-order valence-electron chi connectivity index (χ0n) is 17.0. The topological polar surface area (TPSA) is 70.0 Å². The fraction of sp³-hybridized carbons (Fsp3) is 0.154. The molecule has 156 valence electrons. The predicted molar refractivity (Wildman–Crippen MR) is 119 cm³/mol. The smallest absolute Gasteiger partial charge is 0.240 e. The molecule has 2 amide bonds. The van der Waals surface area contributed by atoms with Crippen LogP contribution in [0.3, 0.4) is 0 Å². The molecule has 3 aliphatic rings. The molecule has 6 heteroatoms. The van der Waals surface area contributed by atoms with Crippen molar-refractivity contribution in [2.24, 2.45) is 16.9 Å². The van der Waals surface area contributed by atoms with Crippen molar-refractivity contribution in [3.8, 4) is 0 Å². The molecule has 0 bridgehead atoms. The van der Waals surface area contributed by atoms with Crippen molar-refractivity contribution in [3.63, 3.8) is 0 Å². The zero-order chi connectivity index (χ0) is 21.8. The van der Waals surface area contributed by atoms with Gasteiger partial charge in [-0.1, -0.05) is 72.8 Å². The highest BCUT2D eigenvalue weighted by Gasteiger charge is 2.65. The third kappa shape index (κ3) is 2.52. The van der Waals surface area contributed by atoms with E-state index in [1.807, 2.05) is 36.4 Å². The summed E-state index contributed by atoms with van der Waals surface area (Å²) < 4.78 is 0. The predicted octanol–water partition coefficient (Wildman–Crippen LogP) is 3.45. The number of carbonyl (C=O) groups is 3. The zero-order valence-corrected chi connectivity index (χ0v) is 17.0. The summed E-state index contributed by atoms with van der Waals surface area (Å²) in [5.74, 6) is -2.31. The second kappa shape index (κ2) is 6.99. The van der Waals surface area contributed by atoms with Gasteiger partial charge in [-0.25, -0.2) is 4.90 Å². The van der Waals surface area contributed by atoms with Gasteiger partial charge in [0.1, 0.15) is 6.04 Å². The largest absolute Gasteiger partial charge is 0.292 e. The number of hydrazone groups is 1. The van der Waals surface area contributed by atoms with Gasteiger partial charge in [0.2, 0.25) is 11.8 Å². The van der Waals surface area contributed by atoms with Gasteiger partial charge in [0.25, 0.3) is 0 Å². The molecule has 0 aliphatic carbocycles. The molecule has 0 spiro atoms. The van der Waals surface area contributed by atoms with Gasteiger partial charge in [-0.05, 0) is 23.3 Å². The normalized spacial score (nSPS) is 25.5. The molecule has 4 atom stereocenters. The van der Waals surface area contributed by atoms with Crippen LogP contribution in [0.15, 0.2) is 90.0 Å². The van der Waals surface area contributed by atoms with Crippen molar-refractivity contribution in [2.45, 2.75) is 12.1 Å². The third-order valence-electron chi connectivity index (χ3n) is 6.63. The maximum Gasteiger partial charge on any atom is 0.240 e. The Morgan fingerprint density at radius 2 is 1.38 bits per heavy atom. The van der Waals surface area contributed by atoms with Gasteiger partial charge >= 0.3 is 0 Å². The first-order chi connectivity index (χ1) is 15.7. The second-order valence-electron chi connectivity index (χ2n) is 8.27. The van der Waals surface area contributed by atoms with Gasteiger partial charge in [-0.3, -0.25) is 19.4 Å². The number of nitrogens with zero attached hydrogens (tertiary/aromatic N) is 3. The minimum Gasteiger partial charge on any atom is -0.292 e. The Hall–Kier alpha value is -4.06. The maximum absolute atomic E-state index is 13.7. The fourth-order valence-corrected chi connectivity index (χ4v) is 5.27. The summed E-state index contributed by atoms with van der Waals surface area (Å²) in [6.07, 6.45) is 1.71. The van der Waals surface area contributed by atoms with Crippen LogP contribution in [-0.2, 0) is 9.59 Å². The van der Waals surface area contributed by atoms with E-state index in [-0.39, 0.29) is 17.6 Å². The molecule has 0 N–H and O–H groups in total. The summed E-state index contributed by atoms with van der Waals surface area (Å²) in [6.45, 7) is 0. The van der Waals surface area contributed by atoms with Gasteiger partial charge in [0.05, 0.1) is 29.8 Å². The van der Waals surface area contributed by atoms with Crippen molar-refractivity contribution in [3.05, 3.63) is 102 Å². The average Bonchev–Trinajstić information content (AvgIpc) is 3.32. The average molecular weight is 421 g/mol. The molecule has 3 aliphatic heterocycles. The van der Waals surface area contributed by atoms with E-state index in [1.54, 1.807) is 59.8 Å². The molecule has 3 aromatic rings. The van der Waals surface area contributed by atoms with E-state index in [0.717, 1.165) is 11.1 Å². The van der Waals surface area contributed by atoms with Crippen molar-refractivity contribution < 1.29 is 14.4 Å². The summed E-state index contributed by atoms with van der Waals surface area (Å²) in [5, 5.41) is 6.26. The van der Waals surface area contributed by atoms with Crippen LogP contribution in [0, 0.1) is 11.8 Å². The molecule has 3 heterocycles. The molecule has 32 heavy (non-hydrogen) atoms. The lowest BCUT2D eigenvalue weighted by Crippen LogP contribution is -2.44. The lowest BCUT2D eigenvalue weighted by Gasteiger charge is -2.33. The van der Waals surface area contributed by atoms with Crippen LogP contribution in [0.25, 0.3) is 0 Å². The molecule has 0 radical (unpaired) electrons. The Labute approximate surface area is 184 Å². The first-order valence-corrected chi connectivity index (χ1v) is 10.6. The van der Waals surface area contributed by atoms with Gasteiger partial charge in [-0.15, -0.1) is 0 Å². The number of para-hydroxylation sites is 1. The van der Waals surface area contributed by atoms with E-state index < -0.39 is 23.9 Å². The van der Waals surface area contributed by atoms with Gasteiger partial charge in [0, 0.05) is 5.56 Å². The first kappa shape index (κ1) is 18.7. The highest BCUT2D eigenvalue weighted by molar-refractivity contribution is 6.24. The number of benzene rings is 3. The number of amides is 2. The Morgan fingerprint density at radius 1 is 0.750 bits per heavy atom. The first-order valence-electron chi connectivity index (χ1n) is 10.6. The van der Waals surface area contributed by atoms with E-state index in [4.69, 9.17) is 0 Å². The van der Waals surface area contributed by atoms with E-state index in [2.05, 4.69) is 5.10 Å². The van der Waals surface area contributed by atoms with E-state index >= 15 is 0 Å². The molecule has 6 rings (SSSR count). The highest BCUT2D eigenvalue weighted by Crippen LogP contribution is 2.53. The lowest BCUT2D eigenvalue weighted by molar-refractivity contribution is -0.124. The number of Topliss-reactive ketones (excluding diaryl/α,β-unsaturated/α-hetero) is 1. The van der Waals surface area contributed by atoms with Crippen LogP contribution in [0.4, 0.5) is 5.69 Å². The quantitative estimate of drug-likeness (QED) is 0.480. The van der Waals surface area contributed by atoms with Crippen LogP contribution >= 0.6 is 0 Å². The van der Waals surface area contributed by atoms with Crippen LogP contribution in [0.2, 0.25) is 0 Å². The molecule has 0 saturated carbocycles. The number of imide groups is 1. The van der Waals surface area contributed by atoms with Crippen LogP contribution in [0.1, 0.15) is 27.5 Å². The standard InChI is InChI=1S/C26H19N3O3/c30-24(16-9-3-1-4-10-16)23-21-20(22-19-14-8-7-11-17(19)15-27-29(22)23)25(31)28(26(21)32)18-12-5-2-6-13-18/h1-15,20-23H/t20-,21-,22+,23+/m0/s1. The number of hydrogen-bond donors (Lipinski definition) is 0. The SMILES string of the molecule is O=C(c1ccccc1)[C@H]1[C@H]2C(=O)N(c3ccccc3)C(=O)[C@@H]2[C@H]2c3ccccc3C=NN21. The Bertz CT molecular complexity index is 1270. The molecule has 2 fully saturated rings. The molecule has 0 unspecified atom stereocenters. The summed E-state index contributed by atoms with van der Waals surface area (Å²) in [6, 6.07) is 24.2. The van der Waals surface area contributed by atoms with Crippen LogP contribution in [0.5, 0.6) is 0 Å². The number of fused-ring (bicyclic) bond motifs is 5. The number of ketones is 1. The molecule has 6 nitrogen and oxygen atoms in total. The molecular formula is C26H19N3O3. The van der Waals surface area contributed by atoms with E-state index in [1.165, 1.54) is 4.90 Å². The van der Waals surface area contributed by atoms with Crippen molar-refractivity contribution in [1.29, 1.82) is 0 Å². The number of anilines is 1. The van der Waals surface area contributed by atoms with Crippen molar-refractivity contribution >= 4 is 29.5 Å². The van der Waals surface area contributed by atoms with Crippen molar-refractivity contribution in [1.82, 2.24) is 5.01 Å². The Kier molecular flexibility index (Phi) is 4.08. The summed E-state index contributed by atoms with van der Waals surface area (Å²) >= 11 is 0. The molecule has 0 aromatic heterocycles. The molecule has 2 saturated heterocycles. The van der Waals surface area contributed by atoms with Gasteiger partial charge < -0.3 is 0 Å². The highest BCUT2D eigenvalue weighted by atomic mass is 16.2. The maximum atomic E-state index is 13.7. The minimum absolute atomic E-state index is 0.198. The number of rotatable bonds is 3. The summed E-state index contributed by atoms with van der Waals surface area (Å²) in [7, 11) is 0. The summed E-state index contributed by atoms with van der Waals surface area (Å²) in [4.78, 5) is 42.3. The second-order valence-corrected chi connectivity index (χ2v) is 8.27. The monoisotopic (exact) mass is 421 g/mol. The summed E-state index contributed by atoms with van der Waals surface area (Å²) in [5.41, 5.74) is 2.85. The van der Waals surface area contributed by atoms with Crippen molar-refractivity contribution in [2.75, 3.05) is 4.90 Å². The molecule has 3 aromatic carbocycles.